The summed E-state index contributed by atoms with van der Waals surface area (Å²) in [6.07, 6.45) is 0.0917. The van der Waals surface area contributed by atoms with Crippen molar-refractivity contribution < 1.29 is 4.11 Å². The van der Waals surface area contributed by atoms with Crippen LogP contribution >= 0.6 is 0 Å². The Kier molecular flexibility index (Phi) is 2.02. The molecule has 2 aliphatic rings. The number of hydrogen-bond donors (Lipinski definition) is 0. The number of nitrogens with zero attached hydrogens (tertiary/aromatic N) is 2. The molecule has 2 aromatic rings. The van der Waals surface area contributed by atoms with Gasteiger partial charge in [0.05, 0.1) is 0 Å². The van der Waals surface area contributed by atoms with Crippen molar-refractivity contribution in [2.24, 2.45) is 0 Å². The third kappa shape index (κ3) is 1.65. The summed E-state index contributed by atoms with van der Waals surface area (Å²) in [5.74, 6) is 0. The number of para-hydroxylation sites is 2. The Morgan fingerprint density at radius 1 is 0.952 bits per heavy atom. The lowest BCUT2D eigenvalue weighted by atomic mass is 10.1. The van der Waals surface area contributed by atoms with E-state index in [1.54, 1.807) is 0 Å². The smallest absolute Gasteiger partial charge is 0.108 e. The Bertz CT molecular complexity index is 839. The van der Waals surface area contributed by atoms with Gasteiger partial charge in [-0.15, -0.1) is 0 Å². The molecule has 0 N–H and O–H groups in total. The molecule has 0 fully saturated rings. The Morgan fingerprint density at radius 2 is 1.67 bits per heavy atom. The predicted octanol–water partition coefficient (Wildman–Crippen LogP) is 4.46. The molecule has 0 saturated carbocycles. The molecule has 21 heavy (non-hydrogen) atoms. The third-order valence-corrected chi connectivity index (χ3v) is 4.54. The number of allylic oxidation sites excluding steroid dienone is 2. The van der Waals surface area contributed by atoms with Gasteiger partial charge in [0.1, 0.15) is 6.17 Å². The SMILES string of the molecule is [2H]C([2H])([2H])C1N(c2ccccc2C)C(C)=C2Cc3ccccc3N21. The van der Waals surface area contributed by atoms with Crippen molar-refractivity contribution in [3.63, 3.8) is 0 Å². The zero-order chi connectivity index (χ0) is 17.1. The van der Waals surface area contributed by atoms with Crippen molar-refractivity contribution in [1.29, 1.82) is 0 Å². The molecule has 2 aliphatic heterocycles. The number of anilines is 2. The van der Waals surface area contributed by atoms with E-state index in [0.29, 0.717) is 0 Å². The van der Waals surface area contributed by atoms with E-state index >= 15 is 0 Å². The molecule has 106 valence electrons. The molecule has 4 rings (SSSR count). The highest BCUT2D eigenvalue weighted by atomic mass is 15.4. The average molecular weight is 279 g/mol. The normalized spacial score (nSPS) is 22.8. The van der Waals surface area contributed by atoms with E-state index in [1.807, 2.05) is 66.1 Å². The van der Waals surface area contributed by atoms with Crippen LogP contribution in [0.3, 0.4) is 0 Å². The molecule has 0 radical (unpaired) electrons. The Morgan fingerprint density at radius 3 is 2.43 bits per heavy atom. The van der Waals surface area contributed by atoms with E-state index in [1.165, 1.54) is 5.56 Å². The summed E-state index contributed by atoms with van der Waals surface area (Å²) in [6.45, 7) is 1.94. The number of fused-ring (bicyclic) bond motifs is 3. The molecule has 0 aromatic heterocycles. The fraction of sp³-hybridized carbons (Fsp3) is 0.263. The minimum absolute atomic E-state index is 0.697. The lowest BCUT2D eigenvalue weighted by molar-refractivity contribution is 0.732. The zero-order valence-electron chi connectivity index (χ0n) is 15.3. The average Bonchev–Trinajstić information content (AvgIpc) is 3.03. The standard InChI is InChI=1S/C19H20N2/c1-13-8-4-6-10-17(13)20-14(2)19-12-16-9-5-7-11-18(16)21(19)15(20)3/h4-11,15H,12H2,1-3H3/i3D3. The quantitative estimate of drug-likeness (QED) is 0.760. The molecule has 0 amide bonds. The first-order valence-electron chi connectivity index (χ1n) is 8.81. The fourth-order valence-electron chi connectivity index (χ4n) is 3.47. The monoisotopic (exact) mass is 279 g/mol. The second-order valence-corrected chi connectivity index (χ2v) is 5.74. The summed E-state index contributed by atoms with van der Waals surface area (Å²) in [5.41, 5.74) is 6.40. The summed E-state index contributed by atoms with van der Waals surface area (Å²) in [7, 11) is 0. The van der Waals surface area contributed by atoms with Crippen LogP contribution in [0.1, 0.15) is 29.0 Å². The van der Waals surface area contributed by atoms with E-state index in [-0.39, 0.29) is 0 Å². The Hall–Kier alpha value is -2.22. The molecule has 2 heteroatoms. The third-order valence-electron chi connectivity index (χ3n) is 4.54. The van der Waals surface area contributed by atoms with Crippen LogP contribution in [0.2, 0.25) is 0 Å². The van der Waals surface area contributed by atoms with Crippen LogP contribution in [0, 0.1) is 6.92 Å². The van der Waals surface area contributed by atoms with E-state index in [4.69, 9.17) is 4.11 Å². The summed E-state index contributed by atoms with van der Waals surface area (Å²) >= 11 is 0. The molecule has 0 aliphatic carbocycles. The van der Waals surface area contributed by atoms with E-state index in [2.05, 4.69) is 6.07 Å². The van der Waals surface area contributed by atoms with Crippen LogP contribution in [0.25, 0.3) is 0 Å². The maximum absolute atomic E-state index is 8.19. The first-order valence-corrected chi connectivity index (χ1v) is 7.31. The van der Waals surface area contributed by atoms with Crippen LogP contribution in [-0.4, -0.2) is 6.17 Å². The van der Waals surface area contributed by atoms with Gasteiger partial charge in [-0.05, 0) is 44.0 Å². The molecule has 2 aromatic carbocycles. The van der Waals surface area contributed by atoms with Crippen LogP contribution < -0.4 is 9.80 Å². The summed E-state index contributed by atoms with van der Waals surface area (Å²) in [6, 6.07) is 16.1. The van der Waals surface area contributed by atoms with E-state index in [9.17, 15) is 0 Å². The molecule has 1 atom stereocenters. The first kappa shape index (κ1) is 9.67. The van der Waals surface area contributed by atoms with Gasteiger partial charge < -0.3 is 9.80 Å². The molecule has 1 unspecified atom stereocenters. The lowest BCUT2D eigenvalue weighted by Crippen LogP contribution is -2.37. The molecule has 0 spiro atoms. The summed E-state index contributed by atoms with van der Waals surface area (Å²) in [4.78, 5) is 4.01. The summed E-state index contributed by atoms with van der Waals surface area (Å²) < 4.78 is 24.6. The van der Waals surface area contributed by atoms with Gasteiger partial charge in [-0.25, -0.2) is 0 Å². The topological polar surface area (TPSA) is 6.48 Å². The van der Waals surface area contributed by atoms with Gasteiger partial charge in [0.15, 0.2) is 0 Å². The van der Waals surface area contributed by atoms with Gasteiger partial charge in [0.2, 0.25) is 0 Å². The maximum Gasteiger partial charge on any atom is 0.108 e. The van der Waals surface area contributed by atoms with Gasteiger partial charge in [-0.1, -0.05) is 36.4 Å². The molecular formula is C19H20N2. The van der Waals surface area contributed by atoms with Crippen molar-refractivity contribution in [3.8, 4) is 0 Å². The van der Waals surface area contributed by atoms with Gasteiger partial charge in [-0.2, -0.15) is 0 Å². The minimum Gasteiger partial charge on any atom is -0.322 e. The molecule has 0 bridgehead atoms. The number of benzene rings is 2. The van der Waals surface area contributed by atoms with E-state index in [0.717, 1.165) is 34.8 Å². The molecule has 2 nitrogen and oxygen atoms in total. The highest BCUT2D eigenvalue weighted by Crippen LogP contribution is 2.45. The zero-order valence-corrected chi connectivity index (χ0v) is 12.3. The van der Waals surface area contributed by atoms with Crippen molar-refractivity contribution in [2.75, 3.05) is 9.80 Å². The van der Waals surface area contributed by atoms with Gasteiger partial charge in [0.25, 0.3) is 0 Å². The number of rotatable bonds is 1. The first-order chi connectivity index (χ1) is 11.4. The van der Waals surface area contributed by atoms with Gasteiger partial charge in [-0.3, -0.25) is 0 Å². The number of aryl methyl sites for hydroxylation is 1. The van der Waals surface area contributed by atoms with Gasteiger partial charge in [0, 0.05) is 33.3 Å². The molecular weight excluding hydrogens is 256 g/mol. The maximum atomic E-state index is 8.19. The fourth-order valence-corrected chi connectivity index (χ4v) is 3.47. The number of hydrogen-bond acceptors (Lipinski definition) is 2. The second-order valence-electron chi connectivity index (χ2n) is 5.74. The largest absolute Gasteiger partial charge is 0.322 e. The van der Waals surface area contributed by atoms with Crippen LogP contribution in [0.5, 0.6) is 0 Å². The lowest BCUT2D eigenvalue weighted by Gasteiger charge is -2.32. The highest BCUT2D eigenvalue weighted by molar-refractivity contribution is 5.74. The Balaban J connectivity index is 1.91. The van der Waals surface area contributed by atoms with Crippen LogP contribution in [0.4, 0.5) is 11.4 Å². The molecule has 2 heterocycles. The van der Waals surface area contributed by atoms with Gasteiger partial charge >= 0.3 is 0 Å². The van der Waals surface area contributed by atoms with Crippen molar-refractivity contribution in [3.05, 3.63) is 71.1 Å². The molecule has 0 saturated heterocycles. The van der Waals surface area contributed by atoms with Crippen molar-refractivity contribution in [1.82, 2.24) is 0 Å². The van der Waals surface area contributed by atoms with Crippen molar-refractivity contribution >= 4 is 11.4 Å². The van der Waals surface area contributed by atoms with Crippen LogP contribution in [-0.2, 0) is 6.42 Å². The second kappa shape index (κ2) is 4.39. The highest BCUT2D eigenvalue weighted by Gasteiger charge is 2.39. The van der Waals surface area contributed by atoms with Crippen molar-refractivity contribution in [2.45, 2.75) is 33.3 Å². The predicted molar refractivity (Wildman–Crippen MR) is 88.4 cm³/mol. The van der Waals surface area contributed by atoms with E-state index < -0.39 is 13.0 Å². The minimum atomic E-state index is -2.12. The van der Waals surface area contributed by atoms with Crippen LogP contribution in [0.15, 0.2) is 59.9 Å². The summed E-state index contributed by atoms with van der Waals surface area (Å²) in [5, 5.41) is 0. The Labute approximate surface area is 130 Å².